The van der Waals surface area contributed by atoms with Crippen LogP contribution in [0.5, 0.6) is 0 Å². The van der Waals surface area contributed by atoms with Gasteiger partial charge in [0, 0.05) is 18.8 Å². The number of halogens is 6. The number of aliphatic carboxylic acids is 1. The van der Waals surface area contributed by atoms with E-state index in [0.29, 0.717) is 25.0 Å². The Kier molecular flexibility index (Phi) is 5.24. The number of rotatable bonds is 4. The van der Waals surface area contributed by atoms with Gasteiger partial charge in [-0.05, 0) is 37.0 Å². The number of benzene rings is 1. The molecular weight excluding hydrogens is 352 g/mol. The first-order valence-corrected chi connectivity index (χ1v) is 7.70. The van der Waals surface area contributed by atoms with Crippen molar-refractivity contribution in [3.8, 4) is 0 Å². The van der Waals surface area contributed by atoms with Crippen LogP contribution in [0.15, 0.2) is 18.2 Å². The number of hydrogen-bond donors (Lipinski definition) is 1. The lowest BCUT2D eigenvalue weighted by molar-refractivity contribution is -0.144. The van der Waals surface area contributed by atoms with Gasteiger partial charge in [-0.25, -0.2) is 0 Å². The van der Waals surface area contributed by atoms with Gasteiger partial charge in [-0.3, -0.25) is 4.79 Å². The van der Waals surface area contributed by atoms with Gasteiger partial charge in [-0.1, -0.05) is 6.92 Å². The number of carbonyl (C=O) groups is 1. The molecule has 2 unspecified atom stereocenters. The lowest BCUT2D eigenvalue weighted by Crippen LogP contribution is -2.27. The number of hydrogen-bond acceptors (Lipinski definition) is 2. The van der Waals surface area contributed by atoms with Gasteiger partial charge in [0.2, 0.25) is 0 Å². The molecule has 2 rings (SSSR count). The number of anilines is 1. The highest BCUT2D eigenvalue weighted by molar-refractivity contribution is 5.70. The summed E-state index contributed by atoms with van der Waals surface area (Å²) in [7, 11) is 0. The van der Waals surface area contributed by atoms with Gasteiger partial charge in [0.05, 0.1) is 17.0 Å². The summed E-state index contributed by atoms with van der Waals surface area (Å²) in [6.07, 6.45) is -9.04. The number of carboxylic acids is 1. The zero-order valence-electron chi connectivity index (χ0n) is 13.3. The van der Waals surface area contributed by atoms with E-state index in [4.69, 9.17) is 0 Å². The average Bonchev–Trinajstić information content (AvgIpc) is 2.95. The summed E-state index contributed by atoms with van der Waals surface area (Å²) in [5.41, 5.74) is -2.93. The molecule has 0 radical (unpaired) electrons. The largest absolute Gasteiger partial charge is 0.481 e. The molecule has 0 bridgehead atoms. The van der Waals surface area contributed by atoms with Gasteiger partial charge >= 0.3 is 18.3 Å². The second-order valence-electron chi connectivity index (χ2n) is 6.11. The van der Waals surface area contributed by atoms with Gasteiger partial charge in [0.1, 0.15) is 0 Å². The fourth-order valence-corrected chi connectivity index (χ4v) is 3.18. The van der Waals surface area contributed by atoms with Crippen LogP contribution in [0, 0.1) is 11.8 Å². The zero-order valence-corrected chi connectivity index (χ0v) is 13.3. The number of carboxylic acid groups (broad SMARTS) is 1. The summed E-state index contributed by atoms with van der Waals surface area (Å²) in [5.74, 6) is -1.99. The molecule has 9 heteroatoms. The lowest BCUT2D eigenvalue weighted by atomic mass is 9.89. The summed E-state index contributed by atoms with van der Waals surface area (Å²) < 4.78 is 77.5. The molecule has 0 amide bonds. The summed E-state index contributed by atoms with van der Waals surface area (Å²) in [6.45, 7) is 2.02. The molecule has 0 aliphatic carbocycles. The molecule has 1 aliphatic rings. The van der Waals surface area contributed by atoms with Crippen molar-refractivity contribution < 1.29 is 36.2 Å². The Bertz CT molecular complexity index is 608. The third kappa shape index (κ3) is 4.38. The molecule has 25 heavy (non-hydrogen) atoms. The molecule has 2 atom stereocenters. The molecule has 1 aromatic rings. The fourth-order valence-electron chi connectivity index (χ4n) is 3.18. The molecule has 1 aliphatic heterocycles. The maximum Gasteiger partial charge on any atom is 0.416 e. The van der Waals surface area contributed by atoms with E-state index in [1.54, 1.807) is 6.92 Å². The number of nitrogens with zero attached hydrogens (tertiary/aromatic N) is 1. The van der Waals surface area contributed by atoms with E-state index in [1.807, 2.05) is 0 Å². The van der Waals surface area contributed by atoms with E-state index < -0.39 is 35.4 Å². The first-order chi connectivity index (χ1) is 11.4. The van der Waals surface area contributed by atoms with E-state index in [0.717, 1.165) is 0 Å². The summed E-state index contributed by atoms with van der Waals surface area (Å²) >= 11 is 0. The van der Waals surface area contributed by atoms with Crippen molar-refractivity contribution in [1.82, 2.24) is 0 Å². The zero-order chi connectivity index (χ0) is 19.0. The topological polar surface area (TPSA) is 40.5 Å². The van der Waals surface area contributed by atoms with Crippen LogP contribution in [0.3, 0.4) is 0 Å². The van der Waals surface area contributed by atoms with Crippen LogP contribution in [0.2, 0.25) is 0 Å². The minimum Gasteiger partial charge on any atom is -0.481 e. The Morgan fingerprint density at radius 2 is 1.68 bits per heavy atom. The van der Waals surface area contributed by atoms with Crippen LogP contribution in [0.1, 0.15) is 30.9 Å². The van der Waals surface area contributed by atoms with Gasteiger partial charge in [0.25, 0.3) is 0 Å². The molecule has 140 valence electrons. The predicted octanol–water partition coefficient (Wildman–Crippen LogP) is 4.66. The highest BCUT2D eigenvalue weighted by Crippen LogP contribution is 2.40. The minimum absolute atomic E-state index is 0.0865. The second kappa shape index (κ2) is 6.76. The maximum absolute atomic E-state index is 12.9. The normalized spacial score (nSPS) is 20.0. The van der Waals surface area contributed by atoms with Crippen molar-refractivity contribution in [2.75, 3.05) is 18.0 Å². The second-order valence-corrected chi connectivity index (χ2v) is 6.11. The Morgan fingerprint density at radius 1 is 1.16 bits per heavy atom. The standard InChI is InChI=1S/C16H17F6NO2/c1-2-13(14(24)25)9-3-4-23(8-9)12-6-10(15(17,18)19)5-11(7-12)16(20,21)22/h5-7,9,13H,2-4,8H2,1H3,(H,24,25). The molecule has 1 saturated heterocycles. The Hall–Kier alpha value is -1.93. The highest BCUT2D eigenvalue weighted by atomic mass is 19.4. The first kappa shape index (κ1) is 19.4. The predicted molar refractivity (Wildman–Crippen MR) is 78.2 cm³/mol. The van der Waals surface area contributed by atoms with Crippen molar-refractivity contribution >= 4 is 11.7 Å². The number of alkyl halides is 6. The van der Waals surface area contributed by atoms with Crippen molar-refractivity contribution in [3.63, 3.8) is 0 Å². The molecule has 1 N–H and O–H groups in total. The van der Waals surface area contributed by atoms with Crippen LogP contribution in [0.4, 0.5) is 32.0 Å². The van der Waals surface area contributed by atoms with Crippen LogP contribution in [0.25, 0.3) is 0 Å². The minimum atomic E-state index is -4.90. The smallest absolute Gasteiger partial charge is 0.416 e. The van der Waals surface area contributed by atoms with Crippen LogP contribution in [-0.4, -0.2) is 24.2 Å². The third-order valence-corrected chi connectivity index (χ3v) is 4.49. The van der Waals surface area contributed by atoms with E-state index in [1.165, 1.54) is 4.90 Å². The van der Waals surface area contributed by atoms with Gasteiger partial charge < -0.3 is 10.0 Å². The van der Waals surface area contributed by atoms with Gasteiger partial charge in [-0.2, -0.15) is 26.3 Å². The summed E-state index contributed by atoms with van der Waals surface area (Å²) in [4.78, 5) is 12.6. The van der Waals surface area contributed by atoms with E-state index in [-0.39, 0.29) is 30.8 Å². The van der Waals surface area contributed by atoms with Crippen molar-refractivity contribution in [3.05, 3.63) is 29.3 Å². The van der Waals surface area contributed by atoms with Crippen molar-refractivity contribution in [2.24, 2.45) is 11.8 Å². The molecule has 3 nitrogen and oxygen atoms in total. The Labute approximate surface area is 140 Å². The molecule has 1 heterocycles. The molecule has 1 fully saturated rings. The maximum atomic E-state index is 12.9. The van der Waals surface area contributed by atoms with Gasteiger partial charge in [-0.15, -0.1) is 0 Å². The van der Waals surface area contributed by atoms with E-state index in [9.17, 15) is 36.2 Å². The van der Waals surface area contributed by atoms with Crippen LogP contribution in [-0.2, 0) is 17.1 Å². The van der Waals surface area contributed by atoms with Crippen LogP contribution < -0.4 is 4.90 Å². The molecule has 0 spiro atoms. The van der Waals surface area contributed by atoms with Gasteiger partial charge in [0.15, 0.2) is 0 Å². The third-order valence-electron chi connectivity index (χ3n) is 4.49. The SMILES string of the molecule is CCC(C(=O)O)C1CCN(c2cc(C(F)(F)F)cc(C(F)(F)F)c2)C1. The first-order valence-electron chi connectivity index (χ1n) is 7.70. The quantitative estimate of drug-likeness (QED) is 0.785. The average molecular weight is 369 g/mol. The molecular formula is C16H17F6NO2. The fraction of sp³-hybridized carbons (Fsp3) is 0.562. The van der Waals surface area contributed by atoms with E-state index >= 15 is 0 Å². The Balaban J connectivity index is 2.35. The molecule has 0 aromatic heterocycles. The van der Waals surface area contributed by atoms with Crippen LogP contribution >= 0.6 is 0 Å². The summed E-state index contributed by atoms with van der Waals surface area (Å²) in [6, 6.07) is 1.45. The summed E-state index contributed by atoms with van der Waals surface area (Å²) in [5, 5.41) is 9.18. The molecule has 0 saturated carbocycles. The molecule has 1 aromatic carbocycles. The highest BCUT2D eigenvalue weighted by Gasteiger charge is 2.39. The Morgan fingerprint density at radius 3 is 2.08 bits per heavy atom. The lowest BCUT2D eigenvalue weighted by Gasteiger charge is -2.23. The monoisotopic (exact) mass is 369 g/mol. The van der Waals surface area contributed by atoms with E-state index in [2.05, 4.69) is 0 Å². The van der Waals surface area contributed by atoms with Crippen molar-refractivity contribution in [2.45, 2.75) is 32.1 Å². The van der Waals surface area contributed by atoms with Crippen molar-refractivity contribution in [1.29, 1.82) is 0 Å².